The number of aromatic nitrogens is 4. The second-order valence-electron chi connectivity index (χ2n) is 4.60. The molecule has 0 bridgehead atoms. The molecule has 1 saturated carbocycles. The highest BCUT2D eigenvalue weighted by Gasteiger charge is 2.43. The van der Waals surface area contributed by atoms with Gasteiger partial charge in [0.25, 0.3) is 0 Å². The number of hydrogen-bond acceptors (Lipinski definition) is 6. The Hall–Kier alpha value is -1.30. The molecule has 0 saturated heterocycles. The Kier molecular flexibility index (Phi) is 3.35. The Bertz CT molecular complexity index is 589. The molecule has 7 nitrogen and oxygen atoms in total. The van der Waals surface area contributed by atoms with E-state index in [1.807, 2.05) is 4.57 Å². The molecule has 0 radical (unpaired) electrons. The largest absolute Gasteiger partial charge is 0.396 e. The minimum atomic E-state index is 0.0640. The Balaban J connectivity index is 1.91. The molecule has 1 fully saturated rings. The van der Waals surface area contributed by atoms with Crippen LogP contribution in [0.1, 0.15) is 12.5 Å². The topological polar surface area (TPSA) is 99.1 Å². The molecule has 1 aliphatic carbocycles. The van der Waals surface area contributed by atoms with E-state index in [9.17, 15) is 5.11 Å². The summed E-state index contributed by atoms with van der Waals surface area (Å²) in [5.74, 6) is 0.440. The van der Waals surface area contributed by atoms with E-state index in [4.69, 9.17) is 10.5 Å². The van der Waals surface area contributed by atoms with Gasteiger partial charge in [-0.1, -0.05) is 0 Å². The molecule has 1 aliphatic rings. The number of aliphatic hydroxyl groups is 1. The van der Waals surface area contributed by atoms with Crippen molar-refractivity contribution in [3.05, 3.63) is 12.7 Å². The predicted molar refractivity (Wildman–Crippen MR) is 73.4 cm³/mol. The summed E-state index contributed by atoms with van der Waals surface area (Å²) in [6.07, 6.45) is 4.64. The molecule has 8 heteroatoms. The van der Waals surface area contributed by atoms with Crippen LogP contribution < -0.4 is 5.73 Å². The molecule has 3 rings (SSSR count). The van der Waals surface area contributed by atoms with E-state index in [1.165, 1.54) is 6.33 Å². The van der Waals surface area contributed by atoms with Crippen LogP contribution in [0.4, 0.5) is 5.82 Å². The van der Waals surface area contributed by atoms with Crippen molar-refractivity contribution in [1.29, 1.82) is 0 Å². The second kappa shape index (κ2) is 5.00. The van der Waals surface area contributed by atoms with Crippen molar-refractivity contribution in [3.8, 4) is 0 Å². The smallest absolute Gasteiger partial charge is 0.165 e. The van der Waals surface area contributed by atoms with Gasteiger partial charge in [-0.25, -0.2) is 15.0 Å². The number of nitrogen functional groups attached to an aromatic ring is 1. The van der Waals surface area contributed by atoms with Gasteiger partial charge in [0.1, 0.15) is 11.8 Å². The van der Waals surface area contributed by atoms with Gasteiger partial charge in [-0.15, -0.1) is 9.24 Å². The molecule has 0 spiro atoms. The Morgan fingerprint density at radius 3 is 3.05 bits per heavy atom. The zero-order valence-corrected chi connectivity index (χ0v) is 11.5. The zero-order chi connectivity index (χ0) is 13.4. The molecular weight excluding hydrogens is 265 g/mol. The summed E-state index contributed by atoms with van der Waals surface area (Å²) in [7, 11) is 2.53. The van der Waals surface area contributed by atoms with Gasteiger partial charge in [-0.05, 0) is 6.42 Å². The van der Waals surface area contributed by atoms with Crippen molar-refractivity contribution in [2.75, 3.05) is 18.7 Å². The van der Waals surface area contributed by atoms with Crippen LogP contribution in [-0.4, -0.2) is 43.7 Å². The molecule has 0 amide bonds. The average Bonchev–Trinajstić information content (AvgIpc) is 2.79. The number of nitrogens with zero attached hydrogens (tertiary/aromatic N) is 4. The SMILES string of the molecule is Nc1ncnc2c1ncn2C1CC(OCP)C1CO. The van der Waals surface area contributed by atoms with Crippen molar-refractivity contribution < 1.29 is 9.84 Å². The third-order valence-corrected chi connectivity index (χ3v) is 3.90. The molecular formula is C11H16N5O2P. The summed E-state index contributed by atoms with van der Waals surface area (Å²) in [5.41, 5.74) is 7.08. The molecule has 4 unspecified atom stereocenters. The number of ether oxygens (including phenoxy) is 1. The van der Waals surface area contributed by atoms with Crippen LogP contribution in [0.3, 0.4) is 0 Å². The van der Waals surface area contributed by atoms with Crippen molar-refractivity contribution in [2.45, 2.75) is 18.6 Å². The summed E-state index contributed by atoms with van der Waals surface area (Å²) in [6, 6.07) is 0.144. The molecule has 4 atom stereocenters. The van der Waals surface area contributed by atoms with Gasteiger partial charge in [-0.2, -0.15) is 0 Å². The average molecular weight is 281 g/mol. The highest BCUT2D eigenvalue weighted by Crippen LogP contribution is 2.42. The van der Waals surface area contributed by atoms with E-state index < -0.39 is 0 Å². The summed E-state index contributed by atoms with van der Waals surface area (Å²) in [6.45, 7) is 0.0836. The Morgan fingerprint density at radius 1 is 1.47 bits per heavy atom. The minimum Gasteiger partial charge on any atom is -0.396 e. The number of nitrogens with two attached hydrogens (primary N) is 1. The monoisotopic (exact) mass is 281 g/mol. The van der Waals surface area contributed by atoms with Crippen molar-refractivity contribution in [2.24, 2.45) is 5.92 Å². The van der Waals surface area contributed by atoms with E-state index in [-0.39, 0.29) is 24.7 Å². The lowest BCUT2D eigenvalue weighted by Crippen LogP contribution is -2.46. The Morgan fingerprint density at radius 2 is 2.32 bits per heavy atom. The molecule has 2 aromatic heterocycles. The normalized spacial score (nSPS) is 26.5. The van der Waals surface area contributed by atoms with Crippen LogP contribution in [0, 0.1) is 5.92 Å². The van der Waals surface area contributed by atoms with Crippen molar-refractivity contribution >= 4 is 26.2 Å². The second-order valence-corrected chi connectivity index (χ2v) is 4.94. The van der Waals surface area contributed by atoms with Crippen LogP contribution >= 0.6 is 9.24 Å². The molecule has 0 aromatic carbocycles. The third-order valence-electron chi connectivity index (χ3n) is 3.71. The van der Waals surface area contributed by atoms with E-state index in [0.29, 0.717) is 23.3 Å². The van der Waals surface area contributed by atoms with Crippen LogP contribution in [0.2, 0.25) is 0 Å². The van der Waals surface area contributed by atoms with Crippen molar-refractivity contribution in [1.82, 2.24) is 19.5 Å². The van der Waals surface area contributed by atoms with Gasteiger partial charge in [0.15, 0.2) is 11.5 Å². The van der Waals surface area contributed by atoms with Gasteiger partial charge < -0.3 is 20.1 Å². The fraction of sp³-hybridized carbons (Fsp3) is 0.545. The van der Waals surface area contributed by atoms with Gasteiger partial charge in [0.05, 0.1) is 25.4 Å². The first kappa shape index (κ1) is 12.7. The maximum Gasteiger partial charge on any atom is 0.165 e. The fourth-order valence-corrected chi connectivity index (χ4v) is 2.87. The highest BCUT2D eigenvalue weighted by molar-refractivity contribution is 7.16. The molecule has 3 N–H and O–H groups in total. The Labute approximate surface area is 112 Å². The van der Waals surface area contributed by atoms with Crippen LogP contribution in [-0.2, 0) is 4.74 Å². The molecule has 2 heterocycles. The summed E-state index contributed by atoms with van der Waals surface area (Å²) >= 11 is 0. The molecule has 2 aromatic rings. The van der Waals surface area contributed by atoms with E-state index >= 15 is 0 Å². The first-order chi connectivity index (χ1) is 9.26. The van der Waals surface area contributed by atoms with E-state index in [0.717, 1.165) is 6.42 Å². The van der Waals surface area contributed by atoms with E-state index in [1.54, 1.807) is 6.33 Å². The predicted octanol–water partition coefficient (Wildman–Crippen LogP) is 0.180. The third kappa shape index (κ3) is 1.98. The summed E-state index contributed by atoms with van der Waals surface area (Å²) in [5, 5.41) is 9.50. The van der Waals surface area contributed by atoms with Crippen LogP contribution in [0.15, 0.2) is 12.7 Å². The van der Waals surface area contributed by atoms with Gasteiger partial charge in [0.2, 0.25) is 0 Å². The van der Waals surface area contributed by atoms with Gasteiger partial charge in [0, 0.05) is 12.0 Å². The fourth-order valence-electron chi connectivity index (χ4n) is 2.63. The standard InChI is InChI=1S/C11H16N5O2P/c12-10-9-11(14-3-13-10)16(4-15-9)7-1-8(18-5-19)6(7)2-17/h3-4,6-8,17H,1-2,5,19H2,(H2,12,13,14). The quantitative estimate of drug-likeness (QED) is 0.776. The first-order valence-corrected chi connectivity index (χ1v) is 6.93. The molecule has 0 aliphatic heterocycles. The van der Waals surface area contributed by atoms with Crippen LogP contribution in [0.25, 0.3) is 11.2 Å². The lowest BCUT2D eigenvalue weighted by atomic mass is 9.76. The number of aliphatic hydroxyl groups excluding tert-OH is 1. The number of imidazole rings is 1. The number of rotatable bonds is 4. The van der Waals surface area contributed by atoms with Gasteiger partial charge in [-0.3, -0.25) is 0 Å². The lowest BCUT2D eigenvalue weighted by Gasteiger charge is -2.43. The van der Waals surface area contributed by atoms with E-state index in [2.05, 4.69) is 24.2 Å². The minimum absolute atomic E-state index is 0.0640. The molecule has 102 valence electrons. The number of hydrogen-bond donors (Lipinski definition) is 2. The highest BCUT2D eigenvalue weighted by atomic mass is 31.0. The lowest BCUT2D eigenvalue weighted by molar-refractivity contribution is -0.0819. The van der Waals surface area contributed by atoms with Crippen molar-refractivity contribution in [3.63, 3.8) is 0 Å². The maximum absolute atomic E-state index is 9.50. The first-order valence-electron chi connectivity index (χ1n) is 6.11. The summed E-state index contributed by atoms with van der Waals surface area (Å²) < 4.78 is 7.51. The van der Waals surface area contributed by atoms with Gasteiger partial charge >= 0.3 is 0 Å². The van der Waals surface area contributed by atoms with Crippen LogP contribution in [0.5, 0.6) is 0 Å². The number of anilines is 1. The zero-order valence-electron chi connectivity index (χ0n) is 10.3. The maximum atomic E-state index is 9.50. The number of fused-ring (bicyclic) bond motifs is 1. The molecule has 19 heavy (non-hydrogen) atoms. The summed E-state index contributed by atoms with van der Waals surface area (Å²) in [4.78, 5) is 12.4.